The monoisotopic (exact) mass is 484 g/mol. The molecular formula is C18H14FIN2OS2. The number of anilines is 1. The Hall–Kier alpha value is -1.19. The van der Waals surface area contributed by atoms with Crippen LogP contribution in [0, 0.1) is 9.39 Å². The fourth-order valence-electron chi connectivity index (χ4n) is 2.97. The number of aromatic nitrogens is 1. The molecule has 25 heavy (non-hydrogen) atoms. The molecule has 0 fully saturated rings. The van der Waals surface area contributed by atoms with E-state index in [0.717, 1.165) is 38.6 Å². The molecule has 0 radical (unpaired) electrons. The minimum atomic E-state index is -0.244. The Morgan fingerprint density at radius 1 is 1.32 bits per heavy atom. The third-order valence-electron chi connectivity index (χ3n) is 4.11. The second-order valence-corrected chi connectivity index (χ2v) is 9.30. The SMILES string of the molecule is O=C(CSc1nc2ccc(I)cc2s1)N1CCCc2cc(F)ccc21. The molecule has 2 aromatic carbocycles. The first-order chi connectivity index (χ1) is 12.1. The van der Waals surface area contributed by atoms with E-state index in [1.54, 1.807) is 22.3 Å². The highest BCUT2D eigenvalue weighted by molar-refractivity contribution is 14.1. The first-order valence-corrected chi connectivity index (χ1v) is 10.8. The van der Waals surface area contributed by atoms with Gasteiger partial charge < -0.3 is 4.90 Å². The Bertz CT molecular complexity index is 959. The number of aryl methyl sites for hydroxylation is 1. The number of carbonyl (C=O) groups excluding carboxylic acids is 1. The second-order valence-electron chi connectivity index (χ2n) is 5.80. The number of nitrogens with zero attached hydrogens (tertiary/aromatic N) is 2. The van der Waals surface area contributed by atoms with E-state index in [1.807, 2.05) is 12.1 Å². The zero-order valence-corrected chi connectivity index (χ0v) is 17.0. The molecule has 128 valence electrons. The predicted molar refractivity (Wildman–Crippen MR) is 110 cm³/mol. The summed E-state index contributed by atoms with van der Waals surface area (Å²) in [5.41, 5.74) is 2.73. The van der Waals surface area contributed by atoms with Crippen LogP contribution < -0.4 is 4.90 Å². The lowest BCUT2D eigenvalue weighted by molar-refractivity contribution is -0.116. The van der Waals surface area contributed by atoms with Crippen LogP contribution in [0.3, 0.4) is 0 Å². The van der Waals surface area contributed by atoms with Gasteiger partial charge in [-0.15, -0.1) is 11.3 Å². The molecule has 3 nitrogen and oxygen atoms in total. The summed E-state index contributed by atoms with van der Waals surface area (Å²) in [5, 5.41) is 0. The van der Waals surface area contributed by atoms with Crippen LogP contribution in [0.15, 0.2) is 40.7 Å². The smallest absolute Gasteiger partial charge is 0.237 e. The molecule has 1 aromatic heterocycles. The number of thioether (sulfide) groups is 1. The van der Waals surface area contributed by atoms with Crippen molar-refractivity contribution in [2.75, 3.05) is 17.2 Å². The highest BCUT2D eigenvalue weighted by Crippen LogP contribution is 2.32. The molecule has 0 atom stereocenters. The van der Waals surface area contributed by atoms with Gasteiger partial charge in [0.2, 0.25) is 5.91 Å². The van der Waals surface area contributed by atoms with Crippen LogP contribution in [0.2, 0.25) is 0 Å². The van der Waals surface area contributed by atoms with Crippen molar-refractivity contribution < 1.29 is 9.18 Å². The van der Waals surface area contributed by atoms with Gasteiger partial charge >= 0.3 is 0 Å². The Morgan fingerprint density at radius 2 is 2.20 bits per heavy atom. The maximum absolute atomic E-state index is 13.4. The lowest BCUT2D eigenvalue weighted by Crippen LogP contribution is -2.36. The summed E-state index contributed by atoms with van der Waals surface area (Å²) < 4.78 is 16.6. The fraction of sp³-hybridized carbons (Fsp3) is 0.222. The molecule has 2 heterocycles. The molecule has 0 spiro atoms. The third kappa shape index (κ3) is 3.68. The summed E-state index contributed by atoms with van der Waals surface area (Å²) >= 11 is 5.37. The second kappa shape index (κ2) is 7.20. The standard InChI is InChI=1S/C18H14FIN2OS2/c19-12-3-6-15-11(8-12)2-1-7-22(15)17(23)10-24-18-21-14-5-4-13(20)9-16(14)25-18/h3-6,8-9H,1-2,7,10H2. The van der Waals surface area contributed by atoms with Crippen molar-refractivity contribution in [3.05, 3.63) is 51.3 Å². The lowest BCUT2D eigenvalue weighted by Gasteiger charge is -2.29. The topological polar surface area (TPSA) is 33.2 Å². The van der Waals surface area contributed by atoms with Gasteiger partial charge in [0.15, 0.2) is 4.34 Å². The van der Waals surface area contributed by atoms with E-state index in [4.69, 9.17) is 0 Å². The molecular weight excluding hydrogens is 470 g/mol. The van der Waals surface area contributed by atoms with Crippen molar-refractivity contribution in [3.8, 4) is 0 Å². The van der Waals surface area contributed by atoms with Crippen LogP contribution in [0.25, 0.3) is 10.2 Å². The first-order valence-electron chi connectivity index (χ1n) is 7.88. The minimum absolute atomic E-state index is 0.0476. The van der Waals surface area contributed by atoms with Gasteiger partial charge in [0.1, 0.15) is 5.82 Å². The van der Waals surface area contributed by atoms with Gasteiger partial charge in [-0.05, 0) is 77.4 Å². The summed E-state index contributed by atoms with van der Waals surface area (Å²) in [6, 6.07) is 10.8. The van der Waals surface area contributed by atoms with E-state index >= 15 is 0 Å². The number of hydrogen-bond donors (Lipinski definition) is 0. The van der Waals surface area contributed by atoms with Gasteiger partial charge in [0.05, 0.1) is 16.0 Å². The highest BCUT2D eigenvalue weighted by Gasteiger charge is 2.23. The van der Waals surface area contributed by atoms with Crippen molar-refractivity contribution >= 4 is 67.5 Å². The van der Waals surface area contributed by atoms with Crippen molar-refractivity contribution in [2.45, 2.75) is 17.2 Å². The van der Waals surface area contributed by atoms with Gasteiger partial charge in [-0.25, -0.2) is 9.37 Å². The van der Waals surface area contributed by atoms with Crippen molar-refractivity contribution in [1.29, 1.82) is 0 Å². The Morgan fingerprint density at radius 3 is 3.08 bits per heavy atom. The molecule has 0 saturated carbocycles. The van der Waals surface area contributed by atoms with Gasteiger partial charge in [0.25, 0.3) is 0 Å². The molecule has 0 saturated heterocycles. The van der Waals surface area contributed by atoms with E-state index in [2.05, 4.69) is 33.6 Å². The summed E-state index contributed by atoms with van der Waals surface area (Å²) in [6.07, 6.45) is 1.69. The van der Waals surface area contributed by atoms with E-state index < -0.39 is 0 Å². The Kier molecular flexibility index (Phi) is 4.97. The molecule has 0 unspecified atom stereocenters. The molecule has 0 N–H and O–H groups in total. The summed E-state index contributed by atoms with van der Waals surface area (Å²) in [5.74, 6) is 0.145. The highest BCUT2D eigenvalue weighted by atomic mass is 127. The van der Waals surface area contributed by atoms with Crippen molar-refractivity contribution in [1.82, 2.24) is 4.98 Å². The van der Waals surface area contributed by atoms with Gasteiger partial charge in [-0.3, -0.25) is 4.79 Å². The quantitative estimate of drug-likeness (QED) is 0.383. The summed E-state index contributed by atoms with van der Waals surface area (Å²) in [7, 11) is 0. The molecule has 4 rings (SSSR count). The zero-order valence-electron chi connectivity index (χ0n) is 13.2. The van der Waals surface area contributed by atoms with Crippen LogP contribution in [0.1, 0.15) is 12.0 Å². The number of hydrogen-bond acceptors (Lipinski definition) is 4. The number of amides is 1. The maximum Gasteiger partial charge on any atom is 0.237 e. The molecule has 1 aliphatic rings. The van der Waals surface area contributed by atoms with Crippen LogP contribution >= 0.6 is 45.7 Å². The number of benzene rings is 2. The molecule has 3 aromatic rings. The van der Waals surface area contributed by atoms with Crippen molar-refractivity contribution in [2.24, 2.45) is 0 Å². The predicted octanol–water partition coefficient (Wildman–Crippen LogP) is 5.11. The first kappa shape index (κ1) is 17.2. The fourth-order valence-corrected chi connectivity index (χ4v) is 5.65. The third-order valence-corrected chi connectivity index (χ3v) is 6.93. The largest absolute Gasteiger partial charge is 0.311 e. The molecule has 0 aliphatic carbocycles. The van der Waals surface area contributed by atoms with Crippen molar-refractivity contribution in [3.63, 3.8) is 0 Å². The van der Waals surface area contributed by atoms with E-state index in [1.165, 1.54) is 27.5 Å². The lowest BCUT2D eigenvalue weighted by atomic mass is 10.0. The van der Waals surface area contributed by atoms with E-state index in [-0.39, 0.29) is 11.7 Å². The van der Waals surface area contributed by atoms with Gasteiger partial charge in [0, 0.05) is 15.8 Å². The summed E-state index contributed by atoms with van der Waals surface area (Å²) in [6.45, 7) is 0.691. The number of carbonyl (C=O) groups is 1. The molecule has 1 amide bonds. The minimum Gasteiger partial charge on any atom is -0.311 e. The van der Waals surface area contributed by atoms with Crippen LogP contribution in [0.4, 0.5) is 10.1 Å². The Labute approximate surface area is 166 Å². The number of halogens is 2. The average Bonchev–Trinajstić information content (AvgIpc) is 3.00. The van der Waals surface area contributed by atoms with Crippen LogP contribution in [0.5, 0.6) is 0 Å². The normalized spacial score (nSPS) is 13.9. The number of rotatable bonds is 3. The maximum atomic E-state index is 13.4. The Balaban J connectivity index is 1.49. The molecule has 1 aliphatic heterocycles. The van der Waals surface area contributed by atoms with E-state index in [0.29, 0.717) is 12.3 Å². The van der Waals surface area contributed by atoms with E-state index in [9.17, 15) is 9.18 Å². The van der Waals surface area contributed by atoms with Crippen LogP contribution in [-0.2, 0) is 11.2 Å². The molecule has 0 bridgehead atoms. The van der Waals surface area contributed by atoms with Gasteiger partial charge in [-0.1, -0.05) is 11.8 Å². The molecule has 7 heteroatoms. The number of fused-ring (bicyclic) bond motifs is 2. The van der Waals surface area contributed by atoms with Crippen LogP contribution in [-0.4, -0.2) is 23.2 Å². The van der Waals surface area contributed by atoms with Gasteiger partial charge in [-0.2, -0.15) is 0 Å². The number of thiazole rings is 1. The average molecular weight is 484 g/mol. The zero-order chi connectivity index (χ0) is 17.4. The summed E-state index contributed by atoms with van der Waals surface area (Å²) in [4.78, 5) is 19.0.